The number of aromatic nitrogens is 1. The second-order valence-corrected chi connectivity index (χ2v) is 5.87. The summed E-state index contributed by atoms with van der Waals surface area (Å²) in [5, 5.41) is 3.54. The molecule has 0 saturated carbocycles. The molecule has 0 radical (unpaired) electrons. The average Bonchev–Trinajstić information content (AvgIpc) is 2.93. The van der Waals surface area contributed by atoms with Gasteiger partial charge in [-0.3, -0.25) is 4.79 Å². The molecule has 0 unspecified atom stereocenters. The van der Waals surface area contributed by atoms with E-state index in [4.69, 9.17) is 16.0 Å². The van der Waals surface area contributed by atoms with Gasteiger partial charge >= 0.3 is 0 Å². The molecule has 1 N–H and O–H groups in total. The smallest absolute Gasteiger partial charge is 0.227 e. The van der Waals surface area contributed by atoms with Crippen LogP contribution in [0.15, 0.2) is 40.8 Å². The number of nitrogens with zero attached hydrogens (tertiary/aromatic N) is 1. The van der Waals surface area contributed by atoms with Crippen molar-refractivity contribution in [1.29, 1.82) is 0 Å². The molecular formula is C18H17ClN2O2. The first-order valence-electron chi connectivity index (χ1n) is 7.54. The Balaban J connectivity index is 1.92. The minimum absolute atomic E-state index is 0.000819. The number of hydrogen-bond donors (Lipinski definition) is 1. The zero-order valence-electron chi connectivity index (χ0n) is 13.0. The third-order valence-electron chi connectivity index (χ3n) is 3.57. The van der Waals surface area contributed by atoms with Crippen LogP contribution in [0.5, 0.6) is 0 Å². The first-order valence-corrected chi connectivity index (χ1v) is 7.91. The van der Waals surface area contributed by atoms with Gasteiger partial charge in [0.25, 0.3) is 0 Å². The van der Waals surface area contributed by atoms with Gasteiger partial charge in [0.2, 0.25) is 11.8 Å². The Morgan fingerprint density at radius 3 is 2.83 bits per heavy atom. The van der Waals surface area contributed by atoms with Crippen LogP contribution in [0.4, 0.5) is 5.69 Å². The molecule has 4 nitrogen and oxygen atoms in total. The second-order valence-electron chi connectivity index (χ2n) is 5.46. The number of rotatable bonds is 4. The van der Waals surface area contributed by atoms with Gasteiger partial charge < -0.3 is 9.73 Å². The minimum atomic E-state index is 0.000819. The monoisotopic (exact) mass is 328 g/mol. The molecule has 1 heterocycles. The molecule has 3 rings (SSSR count). The van der Waals surface area contributed by atoms with E-state index >= 15 is 0 Å². The van der Waals surface area contributed by atoms with Crippen LogP contribution in [0, 0.1) is 6.92 Å². The summed E-state index contributed by atoms with van der Waals surface area (Å²) in [7, 11) is 0. The van der Waals surface area contributed by atoms with E-state index in [-0.39, 0.29) is 5.91 Å². The Labute approximate surface area is 139 Å². The molecule has 1 aromatic heterocycles. The van der Waals surface area contributed by atoms with E-state index in [2.05, 4.69) is 10.3 Å². The van der Waals surface area contributed by atoms with Crippen molar-refractivity contribution in [1.82, 2.24) is 4.98 Å². The van der Waals surface area contributed by atoms with Crippen LogP contribution < -0.4 is 5.32 Å². The van der Waals surface area contributed by atoms with Gasteiger partial charge in [-0.15, -0.1) is 0 Å². The summed E-state index contributed by atoms with van der Waals surface area (Å²) < 4.78 is 5.77. The number of aryl methyl sites for hydroxylation is 1. The number of benzene rings is 2. The number of nitrogens with one attached hydrogen (secondary N) is 1. The lowest BCUT2D eigenvalue weighted by molar-refractivity contribution is -0.116. The summed E-state index contributed by atoms with van der Waals surface area (Å²) in [6.07, 6.45) is 1.32. The first-order chi connectivity index (χ1) is 11.1. The highest BCUT2D eigenvalue weighted by molar-refractivity contribution is 6.31. The number of hydrogen-bond acceptors (Lipinski definition) is 3. The number of oxazole rings is 1. The van der Waals surface area contributed by atoms with Crippen molar-refractivity contribution in [2.24, 2.45) is 0 Å². The van der Waals surface area contributed by atoms with Crippen molar-refractivity contribution in [3.63, 3.8) is 0 Å². The van der Waals surface area contributed by atoms with E-state index < -0.39 is 0 Å². The fraction of sp³-hybridized carbons (Fsp3) is 0.222. The van der Waals surface area contributed by atoms with Crippen LogP contribution in [-0.2, 0) is 4.79 Å². The molecule has 0 spiro atoms. The zero-order chi connectivity index (χ0) is 16.4. The van der Waals surface area contributed by atoms with E-state index in [1.165, 1.54) is 0 Å². The van der Waals surface area contributed by atoms with Gasteiger partial charge in [-0.1, -0.05) is 24.6 Å². The van der Waals surface area contributed by atoms with Gasteiger partial charge in [-0.25, -0.2) is 4.98 Å². The largest absolute Gasteiger partial charge is 0.436 e. The van der Waals surface area contributed by atoms with Gasteiger partial charge in [0, 0.05) is 22.7 Å². The Kier molecular flexibility index (Phi) is 4.35. The molecule has 0 aliphatic carbocycles. The maximum Gasteiger partial charge on any atom is 0.227 e. The van der Waals surface area contributed by atoms with Gasteiger partial charge in [0.15, 0.2) is 5.58 Å². The summed E-state index contributed by atoms with van der Waals surface area (Å²) in [6, 6.07) is 11.1. The lowest BCUT2D eigenvalue weighted by Crippen LogP contribution is -2.10. The normalized spacial score (nSPS) is 10.9. The van der Waals surface area contributed by atoms with Crippen LogP contribution in [-0.4, -0.2) is 10.9 Å². The lowest BCUT2D eigenvalue weighted by Gasteiger charge is -2.02. The molecule has 0 atom stereocenters. The van der Waals surface area contributed by atoms with Crippen LogP contribution in [0.3, 0.4) is 0 Å². The molecule has 0 aliphatic heterocycles. The van der Waals surface area contributed by atoms with E-state index in [1.807, 2.05) is 50.2 Å². The fourth-order valence-electron chi connectivity index (χ4n) is 2.31. The lowest BCUT2D eigenvalue weighted by atomic mass is 10.1. The SMILES string of the molecule is CCCC(=O)Nc1ccc2oc(-c3ccc(C)c(Cl)c3)nc2c1. The highest BCUT2D eigenvalue weighted by Crippen LogP contribution is 2.29. The third kappa shape index (κ3) is 3.37. The minimum Gasteiger partial charge on any atom is -0.436 e. The van der Waals surface area contributed by atoms with Crippen molar-refractivity contribution in [3.8, 4) is 11.5 Å². The van der Waals surface area contributed by atoms with E-state index in [0.717, 1.165) is 23.2 Å². The molecule has 1 amide bonds. The van der Waals surface area contributed by atoms with E-state index in [0.29, 0.717) is 28.4 Å². The number of halogens is 1. The number of anilines is 1. The van der Waals surface area contributed by atoms with Gasteiger partial charge in [0.05, 0.1) is 0 Å². The molecule has 0 bridgehead atoms. The fourth-order valence-corrected chi connectivity index (χ4v) is 2.49. The van der Waals surface area contributed by atoms with Crippen molar-refractivity contribution < 1.29 is 9.21 Å². The summed E-state index contributed by atoms with van der Waals surface area (Å²) in [5.41, 5.74) is 3.93. The summed E-state index contributed by atoms with van der Waals surface area (Å²) in [6.45, 7) is 3.92. The topological polar surface area (TPSA) is 55.1 Å². The van der Waals surface area contributed by atoms with Crippen LogP contribution >= 0.6 is 11.6 Å². The van der Waals surface area contributed by atoms with Crippen molar-refractivity contribution in [2.75, 3.05) is 5.32 Å². The molecule has 5 heteroatoms. The highest BCUT2D eigenvalue weighted by Gasteiger charge is 2.11. The van der Waals surface area contributed by atoms with Crippen molar-refractivity contribution in [3.05, 3.63) is 47.0 Å². The molecule has 0 saturated heterocycles. The van der Waals surface area contributed by atoms with E-state index in [1.54, 1.807) is 0 Å². The molecule has 3 aromatic rings. The zero-order valence-corrected chi connectivity index (χ0v) is 13.8. The standard InChI is InChI=1S/C18H17ClN2O2/c1-3-4-17(22)20-13-7-8-16-15(10-13)21-18(23-16)12-6-5-11(2)14(19)9-12/h5-10H,3-4H2,1-2H3,(H,20,22). The molecule has 0 fully saturated rings. The Morgan fingerprint density at radius 1 is 1.26 bits per heavy atom. The molecule has 23 heavy (non-hydrogen) atoms. The Morgan fingerprint density at radius 2 is 2.09 bits per heavy atom. The Bertz CT molecular complexity index is 871. The predicted molar refractivity (Wildman–Crippen MR) is 92.7 cm³/mol. The van der Waals surface area contributed by atoms with Crippen molar-refractivity contribution in [2.45, 2.75) is 26.7 Å². The van der Waals surface area contributed by atoms with Crippen LogP contribution in [0.2, 0.25) is 5.02 Å². The number of amides is 1. The molecule has 0 aliphatic rings. The summed E-state index contributed by atoms with van der Waals surface area (Å²) >= 11 is 6.16. The highest BCUT2D eigenvalue weighted by atomic mass is 35.5. The second kappa shape index (κ2) is 6.42. The molecular weight excluding hydrogens is 312 g/mol. The summed E-state index contributed by atoms with van der Waals surface area (Å²) in [5.74, 6) is 0.514. The van der Waals surface area contributed by atoms with Gasteiger partial charge in [0.1, 0.15) is 5.52 Å². The molecule has 2 aromatic carbocycles. The van der Waals surface area contributed by atoms with Crippen LogP contribution in [0.1, 0.15) is 25.3 Å². The Hall–Kier alpha value is -2.33. The number of carbonyl (C=O) groups excluding carboxylic acids is 1. The molecule has 118 valence electrons. The predicted octanol–water partition coefficient (Wildman–Crippen LogP) is 5.20. The first kappa shape index (κ1) is 15.6. The maximum absolute atomic E-state index is 11.7. The third-order valence-corrected chi connectivity index (χ3v) is 3.97. The maximum atomic E-state index is 11.7. The van der Waals surface area contributed by atoms with Crippen molar-refractivity contribution >= 4 is 34.3 Å². The van der Waals surface area contributed by atoms with Gasteiger partial charge in [-0.2, -0.15) is 0 Å². The summed E-state index contributed by atoms with van der Waals surface area (Å²) in [4.78, 5) is 16.2. The van der Waals surface area contributed by atoms with E-state index in [9.17, 15) is 4.79 Å². The van der Waals surface area contributed by atoms with Crippen LogP contribution in [0.25, 0.3) is 22.6 Å². The number of carbonyl (C=O) groups is 1. The average molecular weight is 329 g/mol. The van der Waals surface area contributed by atoms with Gasteiger partial charge in [-0.05, 0) is 49.2 Å². The quantitative estimate of drug-likeness (QED) is 0.716. The number of fused-ring (bicyclic) bond motifs is 1.